The molecule has 0 aromatic heterocycles. The van der Waals surface area contributed by atoms with Crippen LogP contribution in [-0.2, 0) is 10.3 Å². The molecule has 1 aliphatic heterocycles. The highest BCUT2D eigenvalue weighted by atomic mass is 35.5. The van der Waals surface area contributed by atoms with Crippen LogP contribution in [0.3, 0.4) is 0 Å². The molecule has 5 heteroatoms. The summed E-state index contributed by atoms with van der Waals surface area (Å²) in [5.74, 6) is 0.174. The summed E-state index contributed by atoms with van der Waals surface area (Å²) in [6.07, 6.45) is 5.21. The predicted molar refractivity (Wildman–Crippen MR) is 85.3 cm³/mol. The lowest BCUT2D eigenvalue weighted by molar-refractivity contribution is -0.124. The normalized spacial score (nSPS) is 26.9. The monoisotopic (exact) mass is 324 g/mol. The molecular weight excluding hydrogens is 303 g/mol. The van der Waals surface area contributed by atoms with Crippen LogP contribution in [0, 0.1) is 17.2 Å². The molecule has 1 heterocycles. The third-order valence-corrected chi connectivity index (χ3v) is 5.61. The van der Waals surface area contributed by atoms with E-state index in [0.29, 0.717) is 0 Å². The maximum atomic E-state index is 13.0. The van der Waals surface area contributed by atoms with Gasteiger partial charge in [-0.1, -0.05) is 12.1 Å². The van der Waals surface area contributed by atoms with Crippen LogP contribution in [0.4, 0.5) is 4.39 Å². The molecule has 1 saturated heterocycles. The minimum Gasteiger partial charge on any atom is -0.346 e. The molecule has 1 spiro atoms. The van der Waals surface area contributed by atoms with Crippen molar-refractivity contribution in [2.75, 3.05) is 13.1 Å². The van der Waals surface area contributed by atoms with Crippen LogP contribution < -0.4 is 10.6 Å². The van der Waals surface area contributed by atoms with Crippen LogP contribution in [0.5, 0.6) is 0 Å². The SMILES string of the molecule is Cl.O=C(NC1(c2ccc(F)cc2)CC1)C1CC12CCNCC2. The number of hydrogen-bond acceptors (Lipinski definition) is 2. The molecule has 120 valence electrons. The van der Waals surface area contributed by atoms with Crippen LogP contribution in [0.2, 0.25) is 0 Å². The molecule has 1 amide bonds. The van der Waals surface area contributed by atoms with E-state index in [0.717, 1.165) is 50.8 Å². The largest absolute Gasteiger partial charge is 0.346 e. The average Bonchev–Trinajstić information content (AvgIpc) is 3.39. The summed E-state index contributed by atoms with van der Waals surface area (Å²) in [6.45, 7) is 2.07. The van der Waals surface area contributed by atoms with Crippen molar-refractivity contribution in [2.45, 2.75) is 37.6 Å². The fourth-order valence-corrected chi connectivity index (χ4v) is 3.90. The molecule has 1 aromatic rings. The first kappa shape index (κ1) is 15.8. The molecule has 2 saturated carbocycles. The summed E-state index contributed by atoms with van der Waals surface area (Å²) < 4.78 is 13.0. The van der Waals surface area contributed by atoms with E-state index < -0.39 is 0 Å². The van der Waals surface area contributed by atoms with Crippen LogP contribution >= 0.6 is 12.4 Å². The number of rotatable bonds is 3. The van der Waals surface area contributed by atoms with E-state index in [2.05, 4.69) is 10.6 Å². The molecule has 22 heavy (non-hydrogen) atoms. The Morgan fingerprint density at radius 2 is 1.77 bits per heavy atom. The summed E-state index contributed by atoms with van der Waals surface area (Å²) in [7, 11) is 0. The molecule has 4 rings (SSSR count). The van der Waals surface area contributed by atoms with Crippen LogP contribution in [0.1, 0.15) is 37.7 Å². The molecule has 1 atom stereocenters. The Morgan fingerprint density at radius 1 is 1.14 bits per heavy atom. The molecule has 0 radical (unpaired) electrons. The van der Waals surface area contributed by atoms with Crippen molar-refractivity contribution in [1.82, 2.24) is 10.6 Å². The molecule has 0 bridgehead atoms. The Hall–Kier alpha value is -1.13. The average molecular weight is 325 g/mol. The predicted octanol–water partition coefficient (Wildman–Crippen LogP) is 2.74. The zero-order chi connectivity index (χ0) is 14.5. The van der Waals surface area contributed by atoms with E-state index in [1.54, 1.807) is 12.1 Å². The summed E-state index contributed by atoms with van der Waals surface area (Å²) in [5.41, 5.74) is 1.09. The fourth-order valence-electron chi connectivity index (χ4n) is 3.90. The van der Waals surface area contributed by atoms with Gasteiger partial charge in [-0.15, -0.1) is 12.4 Å². The highest BCUT2D eigenvalue weighted by Gasteiger charge is 2.59. The summed E-state index contributed by atoms with van der Waals surface area (Å²) >= 11 is 0. The smallest absolute Gasteiger partial charge is 0.224 e. The van der Waals surface area contributed by atoms with Gasteiger partial charge in [0.1, 0.15) is 5.82 Å². The maximum Gasteiger partial charge on any atom is 0.224 e. The van der Waals surface area contributed by atoms with Crippen LogP contribution in [-0.4, -0.2) is 19.0 Å². The first-order valence-electron chi connectivity index (χ1n) is 7.92. The van der Waals surface area contributed by atoms with Crippen molar-refractivity contribution in [3.05, 3.63) is 35.6 Å². The number of halogens is 2. The second-order valence-electron chi connectivity index (χ2n) is 6.95. The number of carbonyl (C=O) groups is 1. The lowest BCUT2D eigenvalue weighted by atomic mass is 9.91. The van der Waals surface area contributed by atoms with Gasteiger partial charge in [-0.2, -0.15) is 0 Å². The van der Waals surface area contributed by atoms with Gasteiger partial charge < -0.3 is 10.6 Å². The summed E-state index contributed by atoms with van der Waals surface area (Å²) in [4.78, 5) is 12.6. The summed E-state index contributed by atoms with van der Waals surface area (Å²) in [6, 6.07) is 6.56. The Balaban J connectivity index is 0.00000144. The van der Waals surface area contributed by atoms with E-state index >= 15 is 0 Å². The third-order valence-electron chi connectivity index (χ3n) is 5.61. The topological polar surface area (TPSA) is 41.1 Å². The van der Waals surface area contributed by atoms with Crippen molar-refractivity contribution >= 4 is 18.3 Å². The van der Waals surface area contributed by atoms with E-state index in [1.165, 1.54) is 12.1 Å². The molecule has 2 aliphatic carbocycles. The Labute approximate surface area is 136 Å². The van der Waals surface area contributed by atoms with E-state index in [9.17, 15) is 9.18 Å². The van der Waals surface area contributed by atoms with Crippen molar-refractivity contribution < 1.29 is 9.18 Å². The highest BCUT2D eigenvalue weighted by molar-refractivity contribution is 5.85. The minimum absolute atomic E-state index is 0. The van der Waals surface area contributed by atoms with Crippen LogP contribution in [0.15, 0.2) is 24.3 Å². The van der Waals surface area contributed by atoms with Gasteiger partial charge in [0.25, 0.3) is 0 Å². The van der Waals surface area contributed by atoms with E-state index in [4.69, 9.17) is 0 Å². The number of carbonyl (C=O) groups excluding carboxylic acids is 1. The van der Waals surface area contributed by atoms with Gasteiger partial charge in [-0.05, 0) is 68.3 Å². The molecule has 3 nitrogen and oxygen atoms in total. The van der Waals surface area contributed by atoms with Gasteiger partial charge in [0.2, 0.25) is 5.91 Å². The highest BCUT2D eigenvalue weighted by Crippen LogP contribution is 2.59. The minimum atomic E-state index is -0.225. The van der Waals surface area contributed by atoms with Crippen molar-refractivity contribution in [1.29, 1.82) is 0 Å². The van der Waals surface area contributed by atoms with Gasteiger partial charge in [0.05, 0.1) is 5.54 Å². The number of benzene rings is 1. The second-order valence-corrected chi connectivity index (χ2v) is 6.95. The Bertz CT molecular complexity index is 565. The van der Waals surface area contributed by atoms with Gasteiger partial charge in [-0.25, -0.2) is 4.39 Å². The first-order chi connectivity index (χ1) is 10.1. The lowest BCUT2D eigenvalue weighted by Crippen LogP contribution is -2.38. The number of amides is 1. The maximum absolute atomic E-state index is 13.0. The second kappa shape index (κ2) is 5.50. The Morgan fingerprint density at radius 3 is 2.36 bits per heavy atom. The molecule has 2 N–H and O–H groups in total. The Kier molecular flexibility index (Phi) is 3.94. The molecule has 1 unspecified atom stereocenters. The number of hydrogen-bond donors (Lipinski definition) is 2. The van der Waals surface area contributed by atoms with Crippen molar-refractivity contribution in [2.24, 2.45) is 11.3 Å². The molecular formula is C17H22ClFN2O. The van der Waals surface area contributed by atoms with Gasteiger partial charge in [0, 0.05) is 5.92 Å². The van der Waals surface area contributed by atoms with Gasteiger partial charge in [0.15, 0.2) is 0 Å². The van der Waals surface area contributed by atoms with Crippen molar-refractivity contribution in [3.63, 3.8) is 0 Å². The van der Waals surface area contributed by atoms with Crippen LogP contribution in [0.25, 0.3) is 0 Å². The van der Waals surface area contributed by atoms with Crippen molar-refractivity contribution in [3.8, 4) is 0 Å². The zero-order valence-corrected chi connectivity index (χ0v) is 13.3. The number of nitrogens with one attached hydrogen (secondary N) is 2. The summed E-state index contributed by atoms with van der Waals surface area (Å²) in [5, 5.41) is 6.62. The quantitative estimate of drug-likeness (QED) is 0.897. The molecule has 3 fully saturated rings. The third kappa shape index (κ3) is 2.63. The van der Waals surface area contributed by atoms with Gasteiger partial charge in [-0.3, -0.25) is 4.79 Å². The fraction of sp³-hybridized carbons (Fsp3) is 0.588. The first-order valence-corrected chi connectivity index (χ1v) is 7.92. The zero-order valence-electron chi connectivity index (χ0n) is 12.5. The standard InChI is InChI=1S/C17H21FN2O.ClH/c18-13-3-1-12(2-4-13)17(5-6-17)20-15(21)14-11-16(14)7-9-19-10-8-16;/h1-4,14,19H,5-11H2,(H,20,21);1H. The molecule has 1 aromatic carbocycles. The van der Waals surface area contributed by atoms with E-state index in [1.807, 2.05) is 0 Å². The number of piperidine rings is 1. The molecule has 3 aliphatic rings. The lowest BCUT2D eigenvalue weighted by Gasteiger charge is -2.24. The van der Waals surface area contributed by atoms with E-state index in [-0.39, 0.29) is 41.0 Å². The van der Waals surface area contributed by atoms with Gasteiger partial charge >= 0.3 is 0 Å².